The van der Waals surface area contributed by atoms with Gasteiger partial charge in [-0.25, -0.2) is 4.90 Å². The predicted octanol–water partition coefficient (Wildman–Crippen LogP) is 2.38. The number of hydrogen-bond donors (Lipinski definition) is 1. The Morgan fingerprint density at radius 2 is 1.96 bits per heavy atom. The first-order chi connectivity index (χ1) is 13.0. The number of alkyl halides is 3. The Labute approximate surface area is 158 Å². The summed E-state index contributed by atoms with van der Waals surface area (Å²) in [6.07, 6.45) is -5.28. The van der Waals surface area contributed by atoms with E-state index in [1.807, 2.05) is 0 Å². The summed E-state index contributed by atoms with van der Waals surface area (Å²) in [6.45, 7) is 3.38. The minimum atomic E-state index is -4.81. The molecule has 1 aromatic rings. The summed E-state index contributed by atoms with van der Waals surface area (Å²) in [4.78, 5) is 26.9. The Hall–Kier alpha value is -2.44. The van der Waals surface area contributed by atoms with Crippen molar-refractivity contribution < 1.29 is 32.6 Å². The highest BCUT2D eigenvalue weighted by Gasteiger charge is 2.76. The smallest absolute Gasteiger partial charge is 0.390 e. The number of aliphatic hydroxyl groups is 1. The molecule has 0 radical (unpaired) electrons. The molecule has 1 aromatic carbocycles. The maximum atomic E-state index is 13.3. The van der Waals surface area contributed by atoms with Crippen LogP contribution in [-0.2, 0) is 20.5 Å². The third-order valence-corrected chi connectivity index (χ3v) is 6.32. The van der Waals surface area contributed by atoms with Crippen LogP contribution in [0.3, 0.4) is 0 Å². The van der Waals surface area contributed by atoms with E-state index in [0.29, 0.717) is 12.5 Å². The van der Waals surface area contributed by atoms with Gasteiger partial charge in [-0.3, -0.25) is 9.59 Å². The molecule has 9 heteroatoms. The standard InChI is InChI=1S/C19H17F3N2O4/c1-3-18-12(25)7-17(2,28-18)13-14(18)16(27)24(15(13)26)10-5-4-9(8-23)11(6-10)19(20,21)22/h4-6,12-14,25H,3,7H2,1-2H3/t12-,13+,14-,17?,18?/m1/s1. The molecule has 4 rings (SSSR count). The Morgan fingerprint density at radius 1 is 1.32 bits per heavy atom. The van der Waals surface area contributed by atoms with Gasteiger partial charge in [-0.2, -0.15) is 18.4 Å². The van der Waals surface area contributed by atoms with Crippen LogP contribution < -0.4 is 4.90 Å². The number of hydrogen-bond acceptors (Lipinski definition) is 5. The summed E-state index contributed by atoms with van der Waals surface area (Å²) in [5, 5.41) is 19.4. The first-order valence-corrected chi connectivity index (χ1v) is 8.87. The van der Waals surface area contributed by atoms with Gasteiger partial charge in [-0.1, -0.05) is 6.92 Å². The van der Waals surface area contributed by atoms with Crippen LogP contribution in [0.1, 0.15) is 37.8 Å². The molecule has 2 bridgehead atoms. The van der Waals surface area contributed by atoms with Crippen LogP contribution in [0.15, 0.2) is 18.2 Å². The number of benzene rings is 1. The number of rotatable bonds is 2. The molecule has 2 unspecified atom stereocenters. The SMILES string of the molecule is CCC12OC(C)(C[C@H]1O)[C@@H]1C(=O)N(c3ccc(C#N)c(C(F)(F)F)c3)C(=O)[C@@H]12. The van der Waals surface area contributed by atoms with Gasteiger partial charge in [-0.15, -0.1) is 0 Å². The zero-order chi connectivity index (χ0) is 20.6. The van der Waals surface area contributed by atoms with Crippen molar-refractivity contribution in [3.8, 4) is 6.07 Å². The quantitative estimate of drug-likeness (QED) is 0.778. The molecular formula is C19H17F3N2O4. The lowest BCUT2D eigenvalue weighted by atomic mass is 9.66. The van der Waals surface area contributed by atoms with Gasteiger partial charge in [0.2, 0.25) is 11.8 Å². The van der Waals surface area contributed by atoms with Crippen LogP contribution >= 0.6 is 0 Å². The fraction of sp³-hybridized carbons (Fsp3) is 0.526. The number of fused-ring (bicyclic) bond motifs is 5. The van der Waals surface area contributed by atoms with E-state index in [1.54, 1.807) is 13.8 Å². The Morgan fingerprint density at radius 3 is 2.54 bits per heavy atom. The van der Waals surface area contributed by atoms with Crippen LogP contribution in [-0.4, -0.2) is 34.2 Å². The van der Waals surface area contributed by atoms with Gasteiger partial charge < -0.3 is 9.84 Å². The third kappa shape index (κ3) is 2.16. The molecule has 3 fully saturated rings. The molecule has 0 aliphatic carbocycles. The minimum Gasteiger partial charge on any atom is -0.390 e. The molecule has 148 valence electrons. The maximum Gasteiger partial charge on any atom is 0.417 e. The van der Waals surface area contributed by atoms with Crippen molar-refractivity contribution in [2.75, 3.05) is 4.90 Å². The molecule has 5 atom stereocenters. The lowest BCUT2D eigenvalue weighted by Crippen LogP contribution is -2.50. The highest BCUT2D eigenvalue weighted by atomic mass is 19.4. The Bertz CT molecular complexity index is 940. The number of halogens is 3. The zero-order valence-corrected chi connectivity index (χ0v) is 15.1. The van der Waals surface area contributed by atoms with Gasteiger partial charge in [0.1, 0.15) is 5.60 Å². The highest BCUT2D eigenvalue weighted by Crippen LogP contribution is 2.62. The van der Waals surface area contributed by atoms with Crippen molar-refractivity contribution in [2.45, 2.75) is 50.2 Å². The van der Waals surface area contributed by atoms with E-state index >= 15 is 0 Å². The average Bonchev–Trinajstić information content (AvgIpc) is 3.16. The van der Waals surface area contributed by atoms with Crippen LogP contribution in [0.2, 0.25) is 0 Å². The summed E-state index contributed by atoms with van der Waals surface area (Å²) in [6, 6.07) is 4.23. The molecular weight excluding hydrogens is 377 g/mol. The second-order valence-corrected chi connectivity index (χ2v) is 7.75. The van der Waals surface area contributed by atoms with Crippen molar-refractivity contribution in [1.82, 2.24) is 0 Å². The van der Waals surface area contributed by atoms with Gasteiger partial charge in [-0.05, 0) is 31.5 Å². The van der Waals surface area contributed by atoms with E-state index in [2.05, 4.69) is 0 Å². The van der Waals surface area contributed by atoms with Crippen LogP contribution in [0, 0.1) is 23.2 Å². The largest absolute Gasteiger partial charge is 0.417 e. The van der Waals surface area contributed by atoms with E-state index < -0.39 is 58.3 Å². The molecule has 0 saturated carbocycles. The van der Waals surface area contributed by atoms with E-state index in [4.69, 9.17) is 10.00 Å². The number of amides is 2. The van der Waals surface area contributed by atoms with Crippen molar-refractivity contribution >= 4 is 17.5 Å². The summed E-state index contributed by atoms with van der Waals surface area (Å²) < 4.78 is 45.9. The van der Waals surface area contributed by atoms with Crippen LogP contribution in [0.4, 0.5) is 18.9 Å². The molecule has 3 aliphatic heterocycles. The first-order valence-electron chi connectivity index (χ1n) is 8.87. The Kier molecular flexibility index (Phi) is 3.75. The van der Waals surface area contributed by atoms with Gasteiger partial charge in [0.15, 0.2) is 0 Å². The van der Waals surface area contributed by atoms with E-state index in [1.165, 1.54) is 6.07 Å². The van der Waals surface area contributed by atoms with Crippen LogP contribution in [0.5, 0.6) is 0 Å². The summed E-state index contributed by atoms with van der Waals surface area (Å²) in [5.41, 5.74) is -4.31. The number of ether oxygens (including phenoxy) is 1. The molecule has 6 nitrogen and oxygen atoms in total. The Balaban J connectivity index is 1.82. The second kappa shape index (κ2) is 5.55. The third-order valence-electron chi connectivity index (χ3n) is 6.32. The molecule has 3 aliphatic rings. The minimum absolute atomic E-state index is 0.177. The number of imide groups is 1. The van der Waals surface area contributed by atoms with Crippen LogP contribution in [0.25, 0.3) is 0 Å². The lowest BCUT2D eigenvalue weighted by Gasteiger charge is -2.34. The molecule has 2 amide bonds. The topological polar surface area (TPSA) is 90.6 Å². The van der Waals surface area contributed by atoms with Gasteiger partial charge in [0, 0.05) is 6.42 Å². The lowest BCUT2D eigenvalue weighted by molar-refractivity contribution is -0.138. The highest BCUT2D eigenvalue weighted by molar-refractivity contribution is 6.23. The normalized spacial score (nSPS) is 36.8. The van der Waals surface area contributed by atoms with E-state index in [0.717, 1.165) is 17.0 Å². The second-order valence-electron chi connectivity index (χ2n) is 7.75. The van der Waals surface area contributed by atoms with Crippen molar-refractivity contribution in [2.24, 2.45) is 11.8 Å². The number of nitriles is 1. The fourth-order valence-corrected chi connectivity index (χ4v) is 5.12. The molecule has 3 saturated heterocycles. The number of anilines is 1. The number of nitrogens with zero attached hydrogens (tertiary/aromatic N) is 2. The predicted molar refractivity (Wildman–Crippen MR) is 88.8 cm³/mol. The van der Waals surface area contributed by atoms with E-state index in [-0.39, 0.29) is 12.1 Å². The summed E-state index contributed by atoms with van der Waals surface area (Å²) in [7, 11) is 0. The average molecular weight is 394 g/mol. The first kappa shape index (κ1) is 18.9. The zero-order valence-electron chi connectivity index (χ0n) is 15.1. The van der Waals surface area contributed by atoms with Gasteiger partial charge in [0.05, 0.1) is 46.4 Å². The van der Waals surface area contributed by atoms with Crippen molar-refractivity contribution in [3.63, 3.8) is 0 Å². The van der Waals surface area contributed by atoms with Crippen molar-refractivity contribution in [1.29, 1.82) is 5.26 Å². The molecule has 28 heavy (non-hydrogen) atoms. The molecule has 0 aromatic heterocycles. The monoisotopic (exact) mass is 394 g/mol. The van der Waals surface area contributed by atoms with Gasteiger partial charge >= 0.3 is 6.18 Å². The number of aliphatic hydroxyl groups excluding tert-OH is 1. The number of carbonyl (C=O) groups is 2. The van der Waals surface area contributed by atoms with Crippen molar-refractivity contribution in [3.05, 3.63) is 29.3 Å². The summed E-state index contributed by atoms with van der Waals surface area (Å²) >= 11 is 0. The fourth-order valence-electron chi connectivity index (χ4n) is 5.12. The maximum absolute atomic E-state index is 13.3. The molecule has 3 heterocycles. The van der Waals surface area contributed by atoms with E-state index in [9.17, 15) is 27.9 Å². The molecule has 0 spiro atoms. The summed E-state index contributed by atoms with van der Waals surface area (Å²) in [5.74, 6) is -3.15. The number of carbonyl (C=O) groups excluding carboxylic acids is 2. The molecule has 1 N–H and O–H groups in total. The van der Waals surface area contributed by atoms with Gasteiger partial charge in [0.25, 0.3) is 0 Å².